The Morgan fingerprint density at radius 1 is 1.29 bits per heavy atom. The van der Waals surface area contributed by atoms with Gasteiger partial charge in [-0.2, -0.15) is 0 Å². The molecule has 5 N–H and O–H groups in total. The Hall–Kier alpha value is -3.78. The molecule has 0 saturated carbocycles. The third-order valence-electron chi connectivity index (χ3n) is 5.70. The highest BCUT2D eigenvalue weighted by atomic mass is 16.5. The summed E-state index contributed by atoms with van der Waals surface area (Å²) >= 11 is 0. The summed E-state index contributed by atoms with van der Waals surface area (Å²) in [5.74, 6) is 0.179. The molecular formula is C26H32N4O4. The third kappa shape index (κ3) is 5.96. The highest BCUT2D eigenvalue weighted by molar-refractivity contribution is 6.01. The molecule has 0 saturated heterocycles. The SMILES string of the molecule is C=CCCC(C(=O)NC)N1Cc2c(OC/C(N)=C/Nc3ccc(CCO)cc3)cccc2C1=O. The van der Waals surface area contributed by atoms with E-state index in [4.69, 9.17) is 15.6 Å². The summed E-state index contributed by atoms with van der Waals surface area (Å²) in [5, 5.41) is 14.8. The number of amides is 2. The Morgan fingerprint density at radius 2 is 2.06 bits per heavy atom. The lowest BCUT2D eigenvalue weighted by atomic mass is 10.1. The number of fused-ring (bicyclic) bond motifs is 1. The van der Waals surface area contributed by atoms with Gasteiger partial charge in [0.15, 0.2) is 0 Å². The molecule has 1 atom stereocenters. The molecule has 2 amide bonds. The van der Waals surface area contributed by atoms with Crippen LogP contribution in [0, 0.1) is 0 Å². The minimum Gasteiger partial charge on any atom is -0.487 e. The van der Waals surface area contributed by atoms with Gasteiger partial charge in [0.05, 0.1) is 12.2 Å². The Kier molecular flexibility index (Phi) is 8.70. The summed E-state index contributed by atoms with van der Waals surface area (Å²) in [7, 11) is 1.57. The number of nitrogens with two attached hydrogens (primary N) is 1. The summed E-state index contributed by atoms with van der Waals surface area (Å²) in [6.45, 7) is 4.26. The predicted octanol–water partition coefficient (Wildman–Crippen LogP) is 2.55. The molecule has 180 valence electrons. The summed E-state index contributed by atoms with van der Waals surface area (Å²) < 4.78 is 5.94. The first kappa shape index (κ1) is 24.9. The number of ether oxygens (including phenoxy) is 1. The quantitative estimate of drug-likeness (QED) is 0.359. The van der Waals surface area contributed by atoms with E-state index in [1.54, 1.807) is 42.4 Å². The van der Waals surface area contributed by atoms with E-state index in [1.165, 1.54) is 0 Å². The normalized spacial score (nSPS) is 13.9. The lowest BCUT2D eigenvalue weighted by Gasteiger charge is -2.26. The largest absolute Gasteiger partial charge is 0.487 e. The van der Waals surface area contributed by atoms with Crippen molar-refractivity contribution in [3.05, 3.63) is 83.7 Å². The number of carbonyl (C=O) groups excluding carboxylic acids is 2. The van der Waals surface area contributed by atoms with Crippen molar-refractivity contribution in [3.63, 3.8) is 0 Å². The van der Waals surface area contributed by atoms with Gasteiger partial charge in [0, 0.05) is 36.7 Å². The molecule has 0 aliphatic carbocycles. The number of hydrogen-bond donors (Lipinski definition) is 4. The number of carbonyl (C=O) groups is 2. The van der Waals surface area contributed by atoms with E-state index in [2.05, 4.69) is 17.2 Å². The minimum absolute atomic E-state index is 0.116. The van der Waals surface area contributed by atoms with Crippen LogP contribution >= 0.6 is 0 Å². The zero-order valence-electron chi connectivity index (χ0n) is 19.4. The lowest BCUT2D eigenvalue weighted by Crippen LogP contribution is -2.46. The van der Waals surface area contributed by atoms with Gasteiger partial charge in [-0.3, -0.25) is 9.59 Å². The highest BCUT2D eigenvalue weighted by Crippen LogP contribution is 2.33. The smallest absolute Gasteiger partial charge is 0.255 e. The topological polar surface area (TPSA) is 117 Å². The molecule has 1 aliphatic rings. The first-order valence-corrected chi connectivity index (χ1v) is 11.3. The zero-order chi connectivity index (χ0) is 24.5. The van der Waals surface area contributed by atoms with Crippen LogP contribution in [0.1, 0.15) is 34.3 Å². The van der Waals surface area contributed by atoms with Crippen molar-refractivity contribution >= 4 is 17.5 Å². The van der Waals surface area contributed by atoms with E-state index >= 15 is 0 Å². The standard InChI is InChI=1S/C26H32N4O4/c1-3-4-7-23(25(32)28-2)30-16-22-21(26(30)33)6-5-8-24(22)34-17-19(27)15-29-20-11-9-18(10-12-20)13-14-31/h3,5-6,8-12,15,23,29,31H,1,4,7,13-14,16-17,27H2,2H3,(H,28,32)/b19-15-. The Morgan fingerprint density at radius 3 is 2.74 bits per heavy atom. The summed E-state index contributed by atoms with van der Waals surface area (Å²) in [6, 6.07) is 12.4. The molecule has 8 nitrogen and oxygen atoms in total. The van der Waals surface area contributed by atoms with Gasteiger partial charge in [-0.25, -0.2) is 0 Å². The molecule has 1 aliphatic heterocycles. The van der Waals surface area contributed by atoms with Crippen LogP contribution < -0.4 is 21.1 Å². The van der Waals surface area contributed by atoms with Gasteiger partial charge >= 0.3 is 0 Å². The Balaban J connectivity index is 1.66. The molecule has 2 aromatic carbocycles. The van der Waals surface area contributed by atoms with Crippen LogP contribution in [0.4, 0.5) is 5.69 Å². The monoisotopic (exact) mass is 464 g/mol. The molecule has 1 unspecified atom stereocenters. The number of allylic oxidation sites excluding steroid dienone is 1. The first-order valence-electron chi connectivity index (χ1n) is 11.3. The van der Waals surface area contributed by atoms with Crippen LogP contribution in [0.2, 0.25) is 0 Å². The summed E-state index contributed by atoms with van der Waals surface area (Å²) in [4.78, 5) is 27.1. The van der Waals surface area contributed by atoms with Crippen LogP contribution in [-0.2, 0) is 17.8 Å². The van der Waals surface area contributed by atoms with E-state index in [1.807, 2.05) is 24.3 Å². The maximum Gasteiger partial charge on any atom is 0.255 e. The molecule has 2 aromatic rings. The van der Waals surface area contributed by atoms with Crippen molar-refractivity contribution in [1.29, 1.82) is 0 Å². The van der Waals surface area contributed by atoms with E-state index in [0.29, 0.717) is 42.8 Å². The number of aliphatic hydroxyl groups excluding tert-OH is 1. The summed E-state index contributed by atoms with van der Waals surface area (Å²) in [6.07, 6.45) is 5.15. The number of aliphatic hydroxyl groups is 1. The molecule has 0 bridgehead atoms. The second kappa shape index (κ2) is 11.9. The van der Waals surface area contributed by atoms with Crippen molar-refractivity contribution in [2.45, 2.75) is 31.8 Å². The number of hydrogen-bond acceptors (Lipinski definition) is 6. The number of nitrogens with zero attached hydrogens (tertiary/aromatic N) is 1. The van der Waals surface area contributed by atoms with Crippen molar-refractivity contribution in [3.8, 4) is 5.75 Å². The highest BCUT2D eigenvalue weighted by Gasteiger charge is 2.37. The van der Waals surface area contributed by atoms with Gasteiger partial charge in [0.25, 0.3) is 5.91 Å². The fourth-order valence-electron chi connectivity index (χ4n) is 3.86. The maximum absolute atomic E-state index is 13.0. The number of benzene rings is 2. The minimum atomic E-state index is -0.575. The molecule has 0 aromatic heterocycles. The number of rotatable bonds is 12. The zero-order valence-corrected chi connectivity index (χ0v) is 19.4. The van der Waals surface area contributed by atoms with Gasteiger partial charge < -0.3 is 31.1 Å². The Labute approximate surface area is 200 Å². The first-order chi connectivity index (χ1) is 16.5. The van der Waals surface area contributed by atoms with Crippen LogP contribution in [-0.4, -0.2) is 48.1 Å². The number of nitrogens with one attached hydrogen (secondary N) is 2. The molecule has 0 spiro atoms. The van der Waals surface area contributed by atoms with Gasteiger partial charge in [-0.05, 0) is 49.1 Å². The number of likely N-dealkylation sites (N-methyl/N-ethyl adjacent to an activating group) is 1. The maximum atomic E-state index is 13.0. The lowest BCUT2D eigenvalue weighted by molar-refractivity contribution is -0.125. The van der Waals surface area contributed by atoms with E-state index in [-0.39, 0.29) is 25.0 Å². The van der Waals surface area contributed by atoms with E-state index in [9.17, 15) is 9.59 Å². The Bertz CT molecular complexity index is 1050. The molecule has 3 rings (SSSR count). The fourth-order valence-corrected chi connectivity index (χ4v) is 3.86. The molecule has 1 heterocycles. The van der Waals surface area contributed by atoms with E-state index in [0.717, 1.165) is 16.8 Å². The van der Waals surface area contributed by atoms with Gasteiger partial charge in [-0.1, -0.05) is 24.3 Å². The van der Waals surface area contributed by atoms with Gasteiger partial charge in [-0.15, -0.1) is 6.58 Å². The van der Waals surface area contributed by atoms with Gasteiger partial charge in [0.2, 0.25) is 5.91 Å². The molecule has 0 radical (unpaired) electrons. The fraction of sp³-hybridized carbons (Fsp3) is 0.308. The van der Waals surface area contributed by atoms with Crippen LogP contribution in [0.5, 0.6) is 5.75 Å². The average Bonchev–Trinajstić information content (AvgIpc) is 3.19. The van der Waals surface area contributed by atoms with Crippen molar-refractivity contribution in [2.75, 3.05) is 25.6 Å². The van der Waals surface area contributed by atoms with E-state index < -0.39 is 6.04 Å². The molecule has 34 heavy (non-hydrogen) atoms. The van der Waals surface area contributed by atoms with Crippen LogP contribution in [0.3, 0.4) is 0 Å². The van der Waals surface area contributed by atoms with Crippen molar-refractivity contribution < 1.29 is 19.4 Å². The average molecular weight is 465 g/mol. The second-order valence-electron chi connectivity index (χ2n) is 8.03. The predicted molar refractivity (Wildman–Crippen MR) is 132 cm³/mol. The van der Waals surface area contributed by atoms with Crippen molar-refractivity contribution in [1.82, 2.24) is 10.2 Å². The molecular weight excluding hydrogens is 432 g/mol. The summed E-state index contributed by atoms with van der Waals surface area (Å²) in [5.41, 5.74) is 9.79. The van der Waals surface area contributed by atoms with Crippen LogP contribution in [0.25, 0.3) is 0 Å². The number of anilines is 1. The van der Waals surface area contributed by atoms with Gasteiger partial charge in [0.1, 0.15) is 18.4 Å². The third-order valence-corrected chi connectivity index (χ3v) is 5.70. The van der Waals surface area contributed by atoms with Crippen molar-refractivity contribution in [2.24, 2.45) is 5.73 Å². The molecule has 8 heteroatoms. The molecule has 0 fully saturated rings. The second-order valence-corrected chi connectivity index (χ2v) is 8.03. The van der Waals surface area contributed by atoms with Crippen LogP contribution in [0.15, 0.2) is 67.0 Å².